The van der Waals surface area contributed by atoms with E-state index in [9.17, 15) is 8.42 Å². The van der Waals surface area contributed by atoms with Gasteiger partial charge in [-0.2, -0.15) is 0 Å². The summed E-state index contributed by atoms with van der Waals surface area (Å²) in [4.78, 5) is 0. The van der Waals surface area contributed by atoms with Crippen molar-refractivity contribution in [1.29, 1.82) is 0 Å². The minimum atomic E-state index is -3.02. The number of sulfone groups is 1. The van der Waals surface area contributed by atoms with Gasteiger partial charge in [-0.3, -0.25) is 0 Å². The zero-order valence-electron chi connectivity index (χ0n) is 13.9. The second kappa shape index (κ2) is 7.79. The topological polar surface area (TPSA) is 46.2 Å². The Morgan fingerprint density at radius 1 is 1.15 bits per heavy atom. The second-order valence-electron chi connectivity index (χ2n) is 6.72. The fourth-order valence-corrected chi connectivity index (χ4v) is 5.49. The average molecular weight is 304 g/mol. The number of rotatable bonds is 7. The first-order valence-electron chi connectivity index (χ1n) is 8.30. The van der Waals surface area contributed by atoms with Crippen molar-refractivity contribution >= 4 is 9.84 Å². The summed E-state index contributed by atoms with van der Waals surface area (Å²) in [5, 5.41) is 3.08. The third kappa shape index (κ3) is 4.20. The van der Waals surface area contributed by atoms with Crippen molar-refractivity contribution in [2.45, 2.75) is 83.3 Å². The third-order valence-electron chi connectivity index (χ3n) is 4.99. The highest BCUT2D eigenvalue weighted by atomic mass is 32.2. The molecule has 0 bridgehead atoms. The SMILES string of the molecule is CCCNC1CCC(C(C)C)CC1S(=O)(=O)C(C)CC. The molecule has 0 spiro atoms. The molecule has 3 nitrogen and oxygen atoms in total. The summed E-state index contributed by atoms with van der Waals surface area (Å²) in [6.07, 6.45) is 4.77. The van der Waals surface area contributed by atoms with Gasteiger partial charge in [0.25, 0.3) is 0 Å². The van der Waals surface area contributed by atoms with Crippen LogP contribution in [0.3, 0.4) is 0 Å². The van der Waals surface area contributed by atoms with Gasteiger partial charge in [-0.05, 0) is 57.4 Å². The summed E-state index contributed by atoms with van der Waals surface area (Å²) in [7, 11) is -3.02. The molecule has 0 aromatic heterocycles. The summed E-state index contributed by atoms with van der Waals surface area (Å²) < 4.78 is 25.6. The van der Waals surface area contributed by atoms with Crippen LogP contribution in [0.25, 0.3) is 0 Å². The molecule has 1 fully saturated rings. The van der Waals surface area contributed by atoms with E-state index in [1.807, 2.05) is 13.8 Å². The molecule has 4 unspecified atom stereocenters. The van der Waals surface area contributed by atoms with E-state index in [-0.39, 0.29) is 16.5 Å². The first-order chi connectivity index (χ1) is 9.34. The lowest BCUT2D eigenvalue weighted by Crippen LogP contribution is -2.51. The van der Waals surface area contributed by atoms with Crippen molar-refractivity contribution in [2.24, 2.45) is 11.8 Å². The number of hydrogen-bond acceptors (Lipinski definition) is 3. The van der Waals surface area contributed by atoms with Crippen molar-refractivity contribution < 1.29 is 8.42 Å². The molecule has 1 N–H and O–H groups in total. The van der Waals surface area contributed by atoms with Crippen LogP contribution in [-0.2, 0) is 9.84 Å². The lowest BCUT2D eigenvalue weighted by atomic mass is 9.79. The van der Waals surface area contributed by atoms with Crippen molar-refractivity contribution in [3.05, 3.63) is 0 Å². The number of nitrogens with one attached hydrogen (secondary N) is 1. The van der Waals surface area contributed by atoms with E-state index in [4.69, 9.17) is 0 Å². The standard InChI is InChI=1S/C16H33NO2S/c1-6-10-17-15-9-8-14(12(3)4)11-16(15)20(18,19)13(5)7-2/h12-17H,6-11H2,1-5H3. The Labute approximate surface area is 125 Å². The van der Waals surface area contributed by atoms with Gasteiger partial charge in [0, 0.05) is 6.04 Å². The van der Waals surface area contributed by atoms with Crippen LogP contribution in [0.1, 0.15) is 66.7 Å². The van der Waals surface area contributed by atoms with Crippen molar-refractivity contribution in [1.82, 2.24) is 5.32 Å². The first-order valence-corrected chi connectivity index (χ1v) is 9.91. The smallest absolute Gasteiger partial charge is 0.157 e. The van der Waals surface area contributed by atoms with Crippen LogP contribution in [0.2, 0.25) is 0 Å². The highest BCUT2D eigenvalue weighted by Crippen LogP contribution is 2.35. The monoisotopic (exact) mass is 303 g/mol. The molecule has 0 radical (unpaired) electrons. The van der Waals surface area contributed by atoms with Crippen molar-refractivity contribution in [2.75, 3.05) is 6.54 Å². The largest absolute Gasteiger partial charge is 0.313 e. The summed E-state index contributed by atoms with van der Waals surface area (Å²) in [6.45, 7) is 11.3. The van der Waals surface area contributed by atoms with Gasteiger partial charge in [0.1, 0.15) is 0 Å². The Morgan fingerprint density at radius 3 is 2.30 bits per heavy atom. The molecule has 1 rings (SSSR count). The number of hydrogen-bond donors (Lipinski definition) is 1. The van der Waals surface area contributed by atoms with Crippen LogP contribution < -0.4 is 5.32 Å². The highest BCUT2D eigenvalue weighted by molar-refractivity contribution is 7.92. The van der Waals surface area contributed by atoms with E-state index in [0.717, 1.165) is 32.2 Å². The summed E-state index contributed by atoms with van der Waals surface area (Å²) in [5.41, 5.74) is 0. The molecule has 0 amide bonds. The van der Waals surface area contributed by atoms with Crippen LogP contribution in [0.15, 0.2) is 0 Å². The summed E-state index contributed by atoms with van der Waals surface area (Å²) in [5.74, 6) is 1.13. The van der Waals surface area contributed by atoms with Crippen LogP contribution in [-0.4, -0.2) is 31.5 Å². The van der Waals surface area contributed by atoms with Crippen LogP contribution in [0.5, 0.6) is 0 Å². The summed E-state index contributed by atoms with van der Waals surface area (Å²) in [6, 6.07) is 0.156. The minimum absolute atomic E-state index is 0.156. The van der Waals surface area contributed by atoms with Gasteiger partial charge in [0.2, 0.25) is 0 Å². The molecule has 0 aromatic rings. The van der Waals surface area contributed by atoms with Gasteiger partial charge >= 0.3 is 0 Å². The van der Waals surface area contributed by atoms with Gasteiger partial charge in [0.05, 0.1) is 10.5 Å². The van der Waals surface area contributed by atoms with Gasteiger partial charge in [-0.25, -0.2) is 8.42 Å². The Bertz CT molecular complexity index is 378. The van der Waals surface area contributed by atoms with Gasteiger partial charge in [-0.1, -0.05) is 27.7 Å². The molecule has 0 heterocycles. The van der Waals surface area contributed by atoms with Crippen LogP contribution in [0, 0.1) is 11.8 Å². The van der Waals surface area contributed by atoms with Crippen LogP contribution >= 0.6 is 0 Å². The lowest BCUT2D eigenvalue weighted by molar-refractivity contribution is 0.240. The fraction of sp³-hybridized carbons (Fsp3) is 1.00. The molecule has 0 aromatic carbocycles. The van der Waals surface area contributed by atoms with E-state index in [1.54, 1.807) is 0 Å². The first kappa shape index (κ1) is 18.0. The Kier molecular flexibility index (Phi) is 6.99. The van der Waals surface area contributed by atoms with Gasteiger partial charge in [-0.15, -0.1) is 0 Å². The summed E-state index contributed by atoms with van der Waals surface area (Å²) >= 11 is 0. The fourth-order valence-electron chi connectivity index (χ4n) is 3.22. The van der Waals surface area contributed by atoms with Gasteiger partial charge < -0.3 is 5.32 Å². The van der Waals surface area contributed by atoms with E-state index < -0.39 is 9.84 Å². The van der Waals surface area contributed by atoms with E-state index >= 15 is 0 Å². The maximum absolute atomic E-state index is 12.8. The second-order valence-corrected chi connectivity index (χ2v) is 9.31. The molecule has 20 heavy (non-hydrogen) atoms. The van der Waals surface area contributed by atoms with E-state index in [0.29, 0.717) is 18.3 Å². The Balaban J connectivity index is 2.91. The normalized spacial score (nSPS) is 29.6. The molecule has 0 saturated heterocycles. The maximum atomic E-state index is 12.8. The molecule has 1 aliphatic rings. The zero-order chi connectivity index (χ0) is 15.3. The average Bonchev–Trinajstić information content (AvgIpc) is 2.43. The minimum Gasteiger partial charge on any atom is -0.313 e. The molecular weight excluding hydrogens is 270 g/mol. The Morgan fingerprint density at radius 2 is 1.80 bits per heavy atom. The molecule has 1 aliphatic carbocycles. The predicted octanol–water partition coefficient (Wildman–Crippen LogP) is 3.39. The van der Waals surface area contributed by atoms with Crippen molar-refractivity contribution in [3.8, 4) is 0 Å². The third-order valence-corrected chi connectivity index (χ3v) is 7.81. The molecule has 120 valence electrons. The molecule has 1 saturated carbocycles. The molecule has 0 aliphatic heterocycles. The quantitative estimate of drug-likeness (QED) is 0.784. The van der Waals surface area contributed by atoms with E-state index in [2.05, 4.69) is 26.1 Å². The molecule has 4 heteroatoms. The highest BCUT2D eigenvalue weighted by Gasteiger charge is 2.41. The van der Waals surface area contributed by atoms with Crippen molar-refractivity contribution in [3.63, 3.8) is 0 Å². The van der Waals surface area contributed by atoms with Gasteiger partial charge in [0.15, 0.2) is 9.84 Å². The Hall–Kier alpha value is -0.0900. The molecule has 4 atom stereocenters. The maximum Gasteiger partial charge on any atom is 0.157 e. The zero-order valence-corrected chi connectivity index (χ0v) is 14.7. The molecular formula is C16H33NO2S. The lowest BCUT2D eigenvalue weighted by Gasteiger charge is -2.39. The predicted molar refractivity (Wildman–Crippen MR) is 86.7 cm³/mol. The van der Waals surface area contributed by atoms with Crippen LogP contribution in [0.4, 0.5) is 0 Å². The van der Waals surface area contributed by atoms with E-state index in [1.165, 1.54) is 0 Å².